The number of rotatable bonds is 5. The third-order valence-corrected chi connectivity index (χ3v) is 10.3. The summed E-state index contributed by atoms with van der Waals surface area (Å²) in [4.78, 5) is 0. The maximum atomic E-state index is 8.48. The Balaban J connectivity index is 1.22. The average molecular weight is 652 g/mol. The molecule has 10 rings (SSSR count). The van der Waals surface area contributed by atoms with Crippen molar-refractivity contribution in [2.24, 2.45) is 0 Å². The van der Waals surface area contributed by atoms with Gasteiger partial charge in [-0.1, -0.05) is 127 Å². The third-order valence-electron chi connectivity index (χ3n) is 10.3. The number of para-hydroxylation sites is 2. The SMILES string of the molecule is [2H]c1ccc2c(c1)c1cc(-c3ccc4c5cc(C)ccc5n(-c5cc(-c6ccccc6)cc(-c6ccccc6)c5)c4c3)ccc1n2-c1ccccc1. The summed E-state index contributed by atoms with van der Waals surface area (Å²) in [6.45, 7) is 2.17. The lowest BCUT2D eigenvalue weighted by Gasteiger charge is -2.14. The number of aryl methyl sites for hydroxylation is 1. The summed E-state index contributed by atoms with van der Waals surface area (Å²) < 4.78 is 13.2. The number of hydrogen-bond donors (Lipinski definition) is 0. The van der Waals surface area contributed by atoms with Gasteiger partial charge in [-0.25, -0.2) is 0 Å². The molecule has 0 aliphatic carbocycles. The Kier molecular flexibility index (Phi) is 6.50. The number of hydrogen-bond acceptors (Lipinski definition) is 0. The van der Waals surface area contributed by atoms with Crippen molar-refractivity contribution < 1.29 is 1.37 Å². The van der Waals surface area contributed by atoms with E-state index in [1.165, 1.54) is 49.6 Å². The van der Waals surface area contributed by atoms with E-state index in [0.29, 0.717) is 6.04 Å². The fraction of sp³-hybridized carbons (Fsp3) is 0.0204. The molecule has 0 radical (unpaired) electrons. The van der Waals surface area contributed by atoms with Crippen molar-refractivity contribution in [3.8, 4) is 44.8 Å². The van der Waals surface area contributed by atoms with Gasteiger partial charge in [-0.15, -0.1) is 0 Å². The van der Waals surface area contributed by atoms with Gasteiger partial charge in [0.15, 0.2) is 0 Å². The molecule has 0 N–H and O–H groups in total. The van der Waals surface area contributed by atoms with Crippen LogP contribution in [0.25, 0.3) is 88.4 Å². The molecule has 0 saturated heterocycles. The summed E-state index contributed by atoms with van der Waals surface area (Å²) in [5.74, 6) is 0. The minimum absolute atomic E-state index is 0.513. The smallest absolute Gasteiger partial charge is 0.0623 e. The highest BCUT2D eigenvalue weighted by molar-refractivity contribution is 6.12. The predicted molar refractivity (Wildman–Crippen MR) is 216 cm³/mol. The van der Waals surface area contributed by atoms with E-state index in [2.05, 4.69) is 186 Å². The Morgan fingerprint density at radius 3 is 1.59 bits per heavy atom. The molecule has 0 aliphatic rings. The van der Waals surface area contributed by atoms with Crippen molar-refractivity contribution in [1.29, 1.82) is 0 Å². The minimum Gasteiger partial charge on any atom is -0.309 e. The largest absolute Gasteiger partial charge is 0.309 e. The first-order valence-corrected chi connectivity index (χ1v) is 17.5. The Hall–Kier alpha value is -6.64. The van der Waals surface area contributed by atoms with Gasteiger partial charge in [0.05, 0.1) is 23.4 Å². The summed E-state index contributed by atoms with van der Waals surface area (Å²) in [5, 5.41) is 4.71. The molecule has 0 saturated carbocycles. The van der Waals surface area contributed by atoms with Gasteiger partial charge >= 0.3 is 0 Å². The highest BCUT2D eigenvalue weighted by atomic mass is 15.0. The lowest BCUT2D eigenvalue weighted by molar-refractivity contribution is 1.18. The lowest BCUT2D eigenvalue weighted by atomic mass is 9.98. The maximum Gasteiger partial charge on any atom is 0.0623 e. The van der Waals surface area contributed by atoms with E-state index in [9.17, 15) is 0 Å². The van der Waals surface area contributed by atoms with E-state index in [1.54, 1.807) is 0 Å². The molecule has 0 atom stereocenters. The normalized spacial score (nSPS) is 11.9. The molecule has 0 aliphatic heterocycles. The summed E-state index contributed by atoms with van der Waals surface area (Å²) >= 11 is 0. The molecule has 0 unspecified atom stereocenters. The lowest BCUT2D eigenvalue weighted by Crippen LogP contribution is -1.96. The van der Waals surface area contributed by atoms with Gasteiger partial charge in [0.25, 0.3) is 0 Å². The number of nitrogens with zero attached hydrogens (tertiary/aromatic N) is 2. The Morgan fingerprint density at radius 2 is 0.882 bits per heavy atom. The summed E-state index contributed by atoms with van der Waals surface area (Å²) in [6.07, 6.45) is 0. The summed E-state index contributed by atoms with van der Waals surface area (Å²) in [7, 11) is 0. The van der Waals surface area contributed by atoms with Crippen molar-refractivity contribution in [2.75, 3.05) is 0 Å². The first-order valence-electron chi connectivity index (χ1n) is 18.0. The van der Waals surface area contributed by atoms with Crippen molar-refractivity contribution in [1.82, 2.24) is 9.13 Å². The van der Waals surface area contributed by atoms with E-state index in [4.69, 9.17) is 1.37 Å². The molecule has 2 aromatic heterocycles. The quantitative estimate of drug-likeness (QED) is 0.175. The minimum atomic E-state index is 0.513. The summed E-state index contributed by atoms with van der Waals surface area (Å²) in [5.41, 5.74) is 15.1. The highest BCUT2D eigenvalue weighted by Crippen LogP contribution is 2.40. The van der Waals surface area contributed by atoms with Gasteiger partial charge in [0.2, 0.25) is 0 Å². The van der Waals surface area contributed by atoms with E-state index >= 15 is 0 Å². The van der Waals surface area contributed by atoms with E-state index in [0.717, 1.165) is 44.3 Å². The van der Waals surface area contributed by atoms with Gasteiger partial charge in [0, 0.05) is 32.9 Å². The summed E-state index contributed by atoms with van der Waals surface area (Å²) in [6, 6.07) is 65.8. The van der Waals surface area contributed by atoms with Crippen molar-refractivity contribution in [3.05, 3.63) is 194 Å². The fourth-order valence-corrected chi connectivity index (χ4v) is 7.87. The molecule has 0 bridgehead atoms. The second kappa shape index (κ2) is 11.8. The molecule has 0 spiro atoms. The standard InChI is InChI=1S/C49H34N2/c1-33-21-25-47-44(27-33)43-24-22-37(36-23-26-48-45(31-36)42-19-11-12-20-46(42)50(48)40-17-9-4-10-18-40)32-49(43)51(47)41-29-38(34-13-5-2-6-14-34)28-39(30-41)35-15-7-3-8-16-35/h2-32H,1H3/i11D. The monoisotopic (exact) mass is 651 g/mol. The molecule has 0 amide bonds. The van der Waals surface area contributed by atoms with Gasteiger partial charge in [-0.05, 0) is 107 Å². The van der Waals surface area contributed by atoms with Crippen LogP contribution in [0.1, 0.15) is 6.93 Å². The maximum absolute atomic E-state index is 8.48. The number of aromatic nitrogens is 2. The zero-order chi connectivity index (χ0) is 34.8. The molecule has 0 fully saturated rings. The average Bonchev–Trinajstić information content (AvgIpc) is 3.69. The van der Waals surface area contributed by atoms with Crippen LogP contribution in [-0.2, 0) is 0 Å². The van der Waals surface area contributed by atoms with Crippen LogP contribution < -0.4 is 0 Å². The van der Waals surface area contributed by atoms with Crippen LogP contribution in [-0.4, -0.2) is 9.13 Å². The molecule has 240 valence electrons. The van der Waals surface area contributed by atoms with Gasteiger partial charge in [0.1, 0.15) is 0 Å². The van der Waals surface area contributed by atoms with Crippen molar-refractivity contribution >= 4 is 43.6 Å². The Morgan fingerprint density at radius 1 is 0.333 bits per heavy atom. The van der Waals surface area contributed by atoms with Crippen LogP contribution in [0.4, 0.5) is 0 Å². The topological polar surface area (TPSA) is 9.86 Å². The molecule has 2 nitrogen and oxygen atoms in total. The van der Waals surface area contributed by atoms with E-state index in [1.807, 2.05) is 12.1 Å². The van der Waals surface area contributed by atoms with Crippen LogP contribution in [0.3, 0.4) is 0 Å². The zero-order valence-electron chi connectivity index (χ0n) is 29.2. The van der Waals surface area contributed by atoms with Crippen LogP contribution in [0, 0.1) is 6.92 Å². The fourth-order valence-electron chi connectivity index (χ4n) is 7.87. The molecule has 51 heavy (non-hydrogen) atoms. The molecule has 2 heteroatoms. The van der Waals surface area contributed by atoms with Gasteiger partial charge in [-0.3, -0.25) is 0 Å². The second-order valence-electron chi connectivity index (χ2n) is 13.4. The highest BCUT2D eigenvalue weighted by Gasteiger charge is 2.17. The molecular weight excluding hydrogens is 617 g/mol. The molecular formula is C49H34N2. The zero-order valence-corrected chi connectivity index (χ0v) is 28.2. The second-order valence-corrected chi connectivity index (χ2v) is 13.4. The van der Waals surface area contributed by atoms with Crippen molar-refractivity contribution in [2.45, 2.75) is 6.92 Å². The predicted octanol–water partition coefficient (Wildman–Crippen LogP) is 13.2. The van der Waals surface area contributed by atoms with Crippen LogP contribution in [0.5, 0.6) is 0 Å². The van der Waals surface area contributed by atoms with Crippen molar-refractivity contribution in [3.63, 3.8) is 0 Å². The van der Waals surface area contributed by atoms with Crippen LogP contribution in [0.15, 0.2) is 188 Å². The molecule has 2 heterocycles. The first-order chi connectivity index (χ1) is 25.6. The van der Waals surface area contributed by atoms with Crippen LogP contribution >= 0.6 is 0 Å². The molecule has 8 aromatic carbocycles. The molecule has 10 aromatic rings. The van der Waals surface area contributed by atoms with Crippen LogP contribution in [0.2, 0.25) is 0 Å². The van der Waals surface area contributed by atoms with E-state index in [-0.39, 0.29) is 0 Å². The number of benzene rings is 8. The van der Waals surface area contributed by atoms with Gasteiger partial charge in [-0.2, -0.15) is 0 Å². The van der Waals surface area contributed by atoms with Gasteiger partial charge < -0.3 is 9.13 Å². The Labute approximate surface area is 298 Å². The number of fused-ring (bicyclic) bond motifs is 6. The first kappa shape index (κ1) is 28.2. The van der Waals surface area contributed by atoms with E-state index < -0.39 is 0 Å². The third kappa shape index (κ3) is 4.87. The Bertz CT molecular complexity index is 2900.